The van der Waals surface area contributed by atoms with Crippen molar-refractivity contribution in [3.63, 3.8) is 0 Å². The number of nitrogens with two attached hydrogens (primary N) is 1. The lowest BCUT2D eigenvalue weighted by Gasteiger charge is -2.10. The molecule has 1 heterocycles. The van der Waals surface area contributed by atoms with Crippen molar-refractivity contribution in [1.82, 2.24) is 20.2 Å². The van der Waals surface area contributed by atoms with Crippen LogP contribution in [0, 0.1) is 0 Å². The minimum atomic E-state index is 0.283. The van der Waals surface area contributed by atoms with Gasteiger partial charge in [-0.1, -0.05) is 19.9 Å². The third-order valence-electron chi connectivity index (χ3n) is 3.25. The molecule has 0 fully saturated rings. The number of hydrogen-bond donors (Lipinski definition) is 2. The molecule has 0 spiro atoms. The van der Waals surface area contributed by atoms with Crippen LogP contribution in [-0.4, -0.2) is 20.2 Å². The average molecular weight is 259 g/mol. The summed E-state index contributed by atoms with van der Waals surface area (Å²) in [7, 11) is 0. The highest BCUT2D eigenvalue weighted by atomic mass is 15.1. The molecule has 1 aliphatic carbocycles. The molecule has 1 aromatic heterocycles. The van der Waals surface area contributed by atoms with Gasteiger partial charge in [-0.2, -0.15) is 5.10 Å². The zero-order valence-electron chi connectivity index (χ0n) is 11.6. The molecule has 1 aliphatic rings. The molecule has 0 unspecified atom stereocenters. The number of rotatable bonds is 2. The first-order valence-electron chi connectivity index (χ1n) is 6.77. The van der Waals surface area contributed by atoms with Gasteiger partial charge in [0, 0.05) is 11.8 Å². The second-order valence-corrected chi connectivity index (χ2v) is 5.05. The molecule has 0 bridgehead atoms. The number of H-pyrrole nitrogens is 1. The molecule has 0 aromatic carbocycles. The molecule has 5 heteroatoms. The fourth-order valence-corrected chi connectivity index (χ4v) is 2.16. The summed E-state index contributed by atoms with van der Waals surface area (Å²) in [4.78, 5) is 8.80. The maximum absolute atomic E-state index is 6.09. The number of anilines is 1. The first-order chi connectivity index (χ1) is 9.18. The van der Waals surface area contributed by atoms with Gasteiger partial charge in [-0.25, -0.2) is 9.97 Å². The molecule has 0 saturated heterocycles. The summed E-state index contributed by atoms with van der Waals surface area (Å²) in [5.41, 5.74) is 8.21. The fraction of sp³-hybridized carbons (Fsp3) is 0.500. The lowest BCUT2D eigenvalue weighted by Crippen LogP contribution is -2.01. The fourth-order valence-electron chi connectivity index (χ4n) is 2.16. The van der Waals surface area contributed by atoms with Crippen LogP contribution in [0.3, 0.4) is 0 Å². The summed E-state index contributed by atoms with van der Waals surface area (Å²) in [5, 5.41) is 6.84. The van der Waals surface area contributed by atoms with Gasteiger partial charge < -0.3 is 5.73 Å². The Labute approximate surface area is 113 Å². The number of nitrogens with one attached hydrogen (secondary N) is 1. The summed E-state index contributed by atoms with van der Waals surface area (Å²) in [6, 6.07) is 0. The normalized spacial score (nSPS) is 15.0. The van der Waals surface area contributed by atoms with E-state index in [0.29, 0.717) is 11.6 Å². The van der Waals surface area contributed by atoms with Gasteiger partial charge in [-0.05, 0) is 37.2 Å². The zero-order valence-corrected chi connectivity index (χ0v) is 11.6. The van der Waals surface area contributed by atoms with E-state index in [-0.39, 0.29) is 5.92 Å². The predicted molar refractivity (Wildman–Crippen MR) is 76.8 cm³/mol. The van der Waals surface area contributed by atoms with E-state index in [2.05, 4.69) is 40.1 Å². The molecule has 19 heavy (non-hydrogen) atoms. The second kappa shape index (κ2) is 6.31. The van der Waals surface area contributed by atoms with Crippen LogP contribution < -0.4 is 5.73 Å². The zero-order chi connectivity index (χ0) is 13.7. The van der Waals surface area contributed by atoms with E-state index in [9.17, 15) is 0 Å². The molecule has 5 nitrogen and oxygen atoms in total. The molecule has 0 amide bonds. The van der Waals surface area contributed by atoms with Crippen LogP contribution in [0.4, 0.5) is 5.82 Å². The second-order valence-electron chi connectivity index (χ2n) is 5.05. The average Bonchev–Trinajstić information content (AvgIpc) is 2.50. The van der Waals surface area contributed by atoms with Gasteiger partial charge in [0.1, 0.15) is 12.1 Å². The topological polar surface area (TPSA) is 80.5 Å². The first kappa shape index (κ1) is 13.5. The van der Waals surface area contributed by atoms with Crippen LogP contribution in [0.5, 0.6) is 0 Å². The highest BCUT2D eigenvalue weighted by molar-refractivity contribution is 5.61. The minimum Gasteiger partial charge on any atom is -0.383 e. The van der Waals surface area contributed by atoms with E-state index in [1.807, 2.05) is 0 Å². The lowest BCUT2D eigenvalue weighted by atomic mass is 9.99. The Morgan fingerprint density at radius 2 is 2.16 bits per heavy atom. The summed E-state index contributed by atoms with van der Waals surface area (Å²) in [6.07, 6.45) is 10.0. The van der Waals surface area contributed by atoms with Crippen LogP contribution in [0.2, 0.25) is 0 Å². The van der Waals surface area contributed by atoms with Crippen molar-refractivity contribution >= 4 is 11.4 Å². The number of aromatic amines is 1. The Kier molecular flexibility index (Phi) is 4.49. The number of aromatic nitrogens is 4. The van der Waals surface area contributed by atoms with E-state index < -0.39 is 0 Å². The lowest BCUT2D eigenvalue weighted by molar-refractivity contribution is 0.737. The highest BCUT2D eigenvalue weighted by Gasteiger charge is 2.10. The highest BCUT2D eigenvalue weighted by Crippen LogP contribution is 2.24. The Bertz CT molecular complexity index is 515. The molecule has 0 radical (unpaired) electrons. The maximum atomic E-state index is 6.09. The van der Waals surface area contributed by atoms with E-state index in [1.54, 1.807) is 6.20 Å². The van der Waals surface area contributed by atoms with Gasteiger partial charge in [0.25, 0.3) is 0 Å². The SMILES string of the molecule is CC(C)c1c[nH]ncnc(C2=CCCCC2)nc1N. The first-order valence-corrected chi connectivity index (χ1v) is 6.77. The number of nitrogen functional groups attached to an aromatic ring is 1. The Morgan fingerprint density at radius 1 is 1.32 bits per heavy atom. The number of nitrogens with zero attached hydrogens (tertiary/aromatic N) is 3. The van der Waals surface area contributed by atoms with Crippen LogP contribution in [0.15, 0.2) is 18.6 Å². The molecular formula is C14H21N5. The minimum absolute atomic E-state index is 0.283. The van der Waals surface area contributed by atoms with E-state index >= 15 is 0 Å². The van der Waals surface area contributed by atoms with Crippen molar-refractivity contribution < 1.29 is 0 Å². The largest absolute Gasteiger partial charge is 0.383 e. The van der Waals surface area contributed by atoms with Crippen molar-refractivity contribution in [2.75, 3.05) is 5.73 Å². The quantitative estimate of drug-likeness (QED) is 0.855. The van der Waals surface area contributed by atoms with E-state index in [0.717, 1.165) is 18.4 Å². The van der Waals surface area contributed by atoms with Crippen molar-refractivity contribution in [2.24, 2.45) is 0 Å². The Hall–Kier alpha value is -1.91. The standard InChI is InChI=1S/C14H21N5/c1-10(2)12-8-17-18-9-16-14(19-13(12)15)11-6-4-3-5-7-11/h6,8-10,17H,3-5,7H2,1-2H3,(H2,15,16,18,19). The van der Waals surface area contributed by atoms with Gasteiger partial charge in [-0.15, -0.1) is 0 Å². The Morgan fingerprint density at radius 3 is 2.84 bits per heavy atom. The van der Waals surface area contributed by atoms with Crippen LogP contribution in [0.1, 0.15) is 56.8 Å². The molecule has 0 aliphatic heterocycles. The van der Waals surface area contributed by atoms with Crippen LogP contribution in [-0.2, 0) is 0 Å². The van der Waals surface area contributed by atoms with Crippen molar-refractivity contribution in [3.05, 3.63) is 30.0 Å². The Balaban J connectivity index is 2.53. The molecule has 2 rings (SSSR count). The molecule has 102 valence electrons. The van der Waals surface area contributed by atoms with Gasteiger partial charge in [0.15, 0.2) is 5.82 Å². The molecule has 0 saturated carbocycles. The number of hydrogen-bond acceptors (Lipinski definition) is 4. The van der Waals surface area contributed by atoms with Gasteiger partial charge >= 0.3 is 0 Å². The maximum Gasteiger partial charge on any atom is 0.158 e. The van der Waals surface area contributed by atoms with Crippen molar-refractivity contribution in [1.29, 1.82) is 0 Å². The van der Waals surface area contributed by atoms with Gasteiger partial charge in [0.05, 0.1) is 0 Å². The summed E-state index contributed by atoms with van der Waals surface area (Å²) in [6.45, 7) is 4.16. The summed E-state index contributed by atoms with van der Waals surface area (Å²) < 4.78 is 0. The van der Waals surface area contributed by atoms with E-state index in [4.69, 9.17) is 5.73 Å². The third-order valence-corrected chi connectivity index (χ3v) is 3.25. The third kappa shape index (κ3) is 3.53. The smallest absolute Gasteiger partial charge is 0.158 e. The van der Waals surface area contributed by atoms with Gasteiger partial charge in [0.2, 0.25) is 0 Å². The molecule has 3 N–H and O–H groups in total. The molecular weight excluding hydrogens is 238 g/mol. The monoisotopic (exact) mass is 259 g/mol. The van der Waals surface area contributed by atoms with Crippen LogP contribution in [0.25, 0.3) is 5.57 Å². The van der Waals surface area contributed by atoms with E-state index in [1.165, 1.54) is 24.7 Å². The predicted octanol–water partition coefficient (Wildman–Crippen LogP) is 2.99. The summed E-state index contributed by atoms with van der Waals surface area (Å²) >= 11 is 0. The number of allylic oxidation sites excluding steroid dienone is 2. The van der Waals surface area contributed by atoms with Crippen molar-refractivity contribution in [3.8, 4) is 0 Å². The van der Waals surface area contributed by atoms with Crippen molar-refractivity contribution in [2.45, 2.75) is 45.4 Å². The van der Waals surface area contributed by atoms with Crippen LogP contribution >= 0.6 is 0 Å². The van der Waals surface area contributed by atoms with Gasteiger partial charge in [-0.3, -0.25) is 5.10 Å². The molecule has 1 aromatic rings. The summed E-state index contributed by atoms with van der Waals surface area (Å²) in [5.74, 6) is 1.49. The molecule has 0 atom stereocenters.